The van der Waals surface area contributed by atoms with Crippen molar-refractivity contribution in [3.05, 3.63) is 65.5 Å². The van der Waals surface area contributed by atoms with Crippen LogP contribution in [0, 0.1) is 0 Å². The van der Waals surface area contributed by atoms with Crippen molar-refractivity contribution in [3.63, 3.8) is 0 Å². The summed E-state index contributed by atoms with van der Waals surface area (Å²) in [5.74, 6) is -0.862. The summed E-state index contributed by atoms with van der Waals surface area (Å²) in [5, 5.41) is 2.87. The second kappa shape index (κ2) is 5.97. The highest BCUT2D eigenvalue weighted by atomic mass is 16.2. The van der Waals surface area contributed by atoms with Crippen LogP contribution in [-0.2, 0) is 0 Å². The van der Waals surface area contributed by atoms with Gasteiger partial charge in [-0.25, -0.2) is 0 Å². The summed E-state index contributed by atoms with van der Waals surface area (Å²) in [5.41, 5.74) is 6.63. The minimum absolute atomic E-state index is 0.112. The molecule has 1 unspecified atom stereocenters. The van der Waals surface area contributed by atoms with E-state index in [9.17, 15) is 9.59 Å². The third-order valence-corrected chi connectivity index (χ3v) is 2.93. The molecule has 3 N–H and O–H groups in total. The van der Waals surface area contributed by atoms with E-state index in [1.54, 1.807) is 0 Å². The number of nitrogens with one attached hydrogen (secondary N) is 1. The molecule has 0 radical (unpaired) electrons. The molecule has 0 saturated carbocycles. The Morgan fingerprint density at radius 3 is 2.40 bits per heavy atom. The zero-order valence-corrected chi connectivity index (χ0v) is 11.0. The monoisotopic (exact) mass is 269 g/mol. The number of nitrogens with two attached hydrogens (primary N) is 1. The molecule has 0 aliphatic rings. The van der Waals surface area contributed by atoms with Crippen molar-refractivity contribution in [1.29, 1.82) is 0 Å². The molecule has 0 saturated heterocycles. The van der Waals surface area contributed by atoms with Crippen LogP contribution in [0.15, 0.2) is 48.7 Å². The lowest BCUT2D eigenvalue weighted by Gasteiger charge is -2.14. The summed E-state index contributed by atoms with van der Waals surface area (Å²) in [6, 6.07) is 12.5. The maximum absolute atomic E-state index is 12.0. The van der Waals surface area contributed by atoms with Crippen LogP contribution in [-0.4, -0.2) is 16.8 Å². The highest BCUT2D eigenvalue weighted by molar-refractivity contribution is 5.95. The summed E-state index contributed by atoms with van der Waals surface area (Å²) < 4.78 is 0. The summed E-state index contributed by atoms with van der Waals surface area (Å²) >= 11 is 0. The van der Waals surface area contributed by atoms with E-state index < -0.39 is 5.91 Å². The van der Waals surface area contributed by atoms with E-state index in [1.807, 2.05) is 37.3 Å². The van der Waals surface area contributed by atoms with Crippen molar-refractivity contribution < 1.29 is 9.59 Å². The molecule has 2 rings (SSSR count). The number of pyridine rings is 1. The Balaban J connectivity index is 2.06. The van der Waals surface area contributed by atoms with Crippen molar-refractivity contribution >= 4 is 11.8 Å². The molecule has 2 aromatic rings. The van der Waals surface area contributed by atoms with Gasteiger partial charge in [-0.1, -0.05) is 30.3 Å². The van der Waals surface area contributed by atoms with Gasteiger partial charge in [0.2, 0.25) is 0 Å². The molecule has 0 aliphatic heterocycles. The van der Waals surface area contributed by atoms with Crippen LogP contribution in [0.1, 0.15) is 39.4 Å². The molecule has 5 heteroatoms. The number of nitrogens with zero attached hydrogens (tertiary/aromatic N) is 1. The standard InChI is InChI=1S/C15H15N3O2/c1-10(11-5-3-2-4-6-11)18-15(20)12-7-8-13(14(16)19)17-9-12/h2-10H,1H3,(H2,16,19)(H,18,20). The first-order valence-electron chi connectivity index (χ1n) is 6.19. The maximum atomic E-state index is 12.0. The normalized spacial score (nSPS) is 11.7. The Morgan fingerprint density at radius 2 is 1.85 bits per heavy atom. The third-order valence-electron chi connectivity index (χ3n) is 2.93. The number of aromatic nitrogens is 1. The zero-order chi connectivity index (χ0) is 14.5. The van der Waals surface area contributed by atoms with Crippen molar-refractivity contribution in [2.24, 2.45) is 5.73 Å². The predicted octanol–water partition coefficient (Wildman–Crippen LogP) is 1.67. The van der Waals surface area contributed by atoms with Crippen LogP contribution in [0.3, 0.4) is 0 Å². The van der Waals surface area contributed by atoms with Gasteiger partial charge in [-0.05, 0) is 24.6 Å². The van der Waals surface area contributed by atoms with E-state index in [0.29, 0.717) is 5.56 Å². The zero-order valence-electron chi connectivity index (χ0n) is 11.0. The van der Waals surface area contributed by atoms with Gasteiger partial charge < -0.3 is 11.1 Å². The Morgan fingerprint density at radius 1 is 1.15 bits per heavy atom. The van der Waals surface area contributed by atoms with Crippen molar-refractivity contribution in [2.75, 3.05) is 0 Å². The fraction of sp³-hybridized carbons (Fsp3) is 0.133. The molecule has 1 aromatic carbocycles. The van der Waals surface area contributed by atoms with Crippen molar-refractivity contribution in [1.82, 2.24) is 10.3 Å². The van der Waals surface area contributed by atoms with Gasteiger partial charge >= 0.3 is 0 Å². The Bertz CT molecular complexity index is 609. The van der Waals surface area contributed by atoms with Gasteiger partial charge in [0.25, 0.3) is 11.8 Å². The Labute approximate surface area is 116 Å². The van der Waals surface area contributed by atoms with E-state index in [0.717, 1.165) is 5.56 Å². The fourth-order valence-electron chi connectivity index (χ4n) is 1.78. The molecule has 5 nitrogen and oxygen atoms in total. The quantitative estimate of drug-likeness (QED) is 0.885. The molecule has 0 aliphatic carbocycles. The van der Waals surface area contributed by atoms with Crippen LogP contribution in [0.2, 0.25) is 0 Å². The molecular formula is C15H15N3O2. The molecule has 0 fully saturated rings. The molecule has 2 amide bonds. The number of carbonyl (C=O) groups excluding carboxylic acids is 2. The third kappa shape index (κ3) is 3.20. The molecule has 1 aromatic heterocycles. The van der Waals surface area contributed by atoms with Crippen molar-refractivity contribution in [3.8, 4) is 0 Å². The number of primary amides is 1. The maximum Gasteiger partial charge on any atom is 0.267 e. The van der Waals surface area contributed by atoms with Crippen LogP contribution in [0.4, 0.5) is 0 Å². The van der Waals surface area contributed by atoms with Gasteiger partial charge in [0, 0.05) is 6.20 Å². The topological polar surface area (TPSA) is 85.1 Å². The van der Waals surface area contributed by atoms with Gasteiger partial charge in [0.05, 0.1) is 11.6 Å². The first-order chi connectivity index (χ1) is 9.58. The summed E-state index contributed by atoms with van der Waals surface area (Å²) in [7, 11) is 0. The van der Waals surface area contributed by atoms with E-state index in [-0.39, 0.29) is 17.6 Å². The molecule has 1 atom stereocenters. The molecule has 0 bridgehead atoms. The van der Waals surface area contributed by atoms with Gasteiger partial charge in [-0.2, -0.15) is 0 Å². The summed E-state index contributed by atoms with van der Waals surface area (Å²) in [6.45, 7) is 1.90. The van der Waals surface area contributed by atoms with Crippen LogP contribution >= 0.6 is 0 Å². The highest BCUT2D eigenvalue weighted by Gasteiger charge is 2.12. The second-order valence-corrected chi connectivity index (χ2v) is 4.40. The van der Waals surface area contributed by atoms with Gasteiger partial charge in [0.1, 0.15) is 5.69 Å². The van der Waals surface area contributed by atoms with Crippen LogP contribution < -0.4 is 11.1 Å². The van der Waals surface area contributed by atoms with Crippen LogP contribution in [0.5, 0.6) is 0 Å². The number of amides is 2. The number of carbonyl (C=O) groups is 2. The Kier molecular flexibility index (Phi) is 4.10. The Hall–Kier alpha value is -2.69. The molecule has 1 heterocycles. The van der Waals surface area contributed by atoms with Crippen LogP contribution in [0.25, 0.3) is 0 Å². The first-order valence-corrected chi connectivity index (χ1v) is 6.19. The summed E-state index contributed by atoms with van der Waals surface area (Å²) in [4.78, 5) is 26.8. The van der Waals surface area contributed by atoms with Crippen molar-refractivity contribution in [2.45, 2.75) is 13.0 Å². The largest absolute Gasteiger partial charge is 0.364 e. The number of rotatable bonds is 4. The lowest BCUT2D eigenvalue weighted by atomic mass is 10.1. The smallest absolute Gasteiger partial charge is 0.267 e. The van der Waals surface area contributed by atoms with E-state index in [2.05, 4.69) is 10.3 Å². The van der Waals surface area contributed by atoms with Gasteiger partial charge in [0.15, 0.2) is 0 Å². The first kappa shape index (κ1) is 13.7. The average Bonchev–Trinajstić information content (AvgIpc) is 2.48. The summed E-state index contributed by atoms with van der Waals surface area (Å²) in [6.07, 6.45) is 1.34. The highest BCUT2D eigenvalue weighted by Crippen LogP contribution is 2.12. The van der Waals surface area contributed by atoms with E-state index in [4.69, 9.17) is 5.73 Å². The molecule has 0 spiro atoms. The fourth-order valence-corrected chi connectivity index (χ4v) is 1.78. The number of hydrogen-bond acceptors (Lipinski definition) is 3. The second-order valence-electron chi connectivity index (χ2n) is 4.40. The lowest BCUT2D eigenvalue weighted by Crippen LogP contribution is -2.27. The average molecular weight is 269 g/mol. The minimum atomic E-state index is -0.616. The van der Waals surface area contributed by atoms with E-state index >= 15 is 0 Å². The molecule has 20 heavy (non-hydrogen) atoms. The number of benzene rings is 1. The van der Waals surface area contributed by atoms with Gasteiger partial charge in [-0.3, -0.25) is 14.6 Å². The minimum Gasteiger partial charge on any atom is -0.364 e. The number of hydrogen-bond donors (Lipinski definition) is 2. The molecule has 102 valence electrons. The predicted molar refractivity (Wildman–Crippen MR) is 75.1 cm³/mol. The van der Waals surface area contributed by atoms with E-state index in [1.165, 1.54) is 18.3 Å². The SMILES string of the molecule is CC(NC(=O)c1ccc(C(N)=O)nc1)c1ccccc1. The molecular weight excluding hydrogens is 254 g/mol. The van der Waals surface area contributed by atoms with Gasteiger partial charge in [-0.15, -0.1) is 0 Å². The lowest BCUT2D eigenvalue weighted by molar-refractivity contribution is 0.0936.